The highest BCUT2D eigenvalue weighted by atomic mass is 32.2. The number of carbonyl (C=O) groups is 2. The van der Waals surface area contributed by atoms with E-state index in [1.165, 1.54) is 37.7 Å². The van der Waals surface area contributed by atoms with Gasteiger partial charge in [0, 0.05) is 43.2 Å². The molecule has 0 aromatic heterocycles. The zero-order valence-corrected chi connectivity index (χ0v) is 35.2. The molecule has 4 N–H and O–H groups in total. The molecule has 1 heterocycles. The lowest BCUT2D eigenvalue weighted by atomic mass is 9.32. The van der Waals surface area contributed by atoms with Crippen LogP contribution >= 0.6 is 0 Å². The molecule has 0 aromatic rings. The number of carboxylic acid groups (broad SMARTS) is 1. The maximum absolute atomic E-state index is 13.3. The number of sulfone groups is 1. The van der Waals surface area contributed by atoms with E-state index < -0.39 is 21.2 Å². The number of nitrogens with two attached hydrogens (primary N) is 1. The second-order valence-corrected chi connectivity index (χ2v) is 23.4. The second-order valence-electron chi connectivity index (χ2n) is 21.1. The van der Waals surface area contributed by atoms with Crippen molar-refractivity contribution in [2.45, 2.75) is 150 Å². The summed E-state index contributed by atoms with van der Waals surface area (Å²) in [6.07, 6.45) is 11.3. The number of fused-ring (bicyclic) bond motifs is 7. The van der Waals surface area contributed by atoms with Crippen LogP contribution < -0.4 is 11.1 Å². The van der Waals surface area contributed by atoms with Crippen LogP contribution in [0.2, 0.25) is 0 Å². The van der Waals surface area contributed by atoms with E-state index in [-0.39, 0.29) is 69.7 Å². The standard InChI is InChI=1S/C43H73N3O6S/c1-28(2)30-12-17-43(45-27-29(26-44)46-20-22-53(50,51)23-21-46)19-18-41(8)31(37(30)43)10-11-33-40(7)15-14-34(39(5,6)32(40)13-16-42(33,41)9)52-36(49)25-38(3,4)24-35(47)48/h29-34,37,45H,1,10-27,44H2,2-9H3,(H,47,48)/t29?,30-,31+,32-,33+,34-,37+,40-,41+,42+,43-/m0/s1. The summed E-state index contributed by atoms with van der Waals surface area (Å²) in [7, 11) is -2.95. The molecule has 1 aliphatic heterocycles. The maximum atomic E-state index is 13.3. The first kappa shape index (κ1) is 41.2. The van der Waals surface area contributed by atoms with Crippen LogP contribution in [0.25, 0.3) is 0 Å². The number of esters is 1. The normalized spacial score (nSPS) is 42.7. The molecular weight excluding hydrogens is 687 g/mol. The van der Waals surface area contributed by atoms with Gasteiger partial charge in [-0.3, -0.25) is 14.5 Å². The van der Waals surface area contributed by atoms with Crippen LogP contribution in [0.5, 0.6) is 0 Å². The summed E-state index contributed by atoms with van der Waals surface area (Å²) in [6, 6.07) is 0.134. The fourth-order valence-corrected chi connectivity index (χ4v) is 15.7. The lowest BCUT2D eigenvalue weighted by molar-refractivity contribution is -0.246. The Morgan fingerprint density at radius 1 is 0.925 bits per heavy atom. The van der Waals surface area contributed by atoms with Gasteiger partial charge in [-0.2, -0.15) is 0 Å². The summed E-state index contributed by atoms with van der Waals surface area (Å²) in [6.45, 7) is 25.6. The molecule has 11 atom stereocenters. The van der Waals surface area contributed by atoms with Gasteiger partial charge in [-0.05, 0) is 122 Å². The van der Waals surface area contributed by atoms with Crippen molar-refractivity contribution < 1.29 is 27.9 Å². The Bertz CT molecular complexity index is 1530. The summed E-state index contributed by atoms with van der Waals surface area (Å²) in [5, 5.41) is 13.6. The minimum atomic E-state index is -2.95. The average Bonchev–Trinajstić information content (AvgIpc) is 3.43. The van der Waals surface area contributed by atoms with Crippen LogP contribution in [0.15, 0.2) is 12.2 Å². The summed E-state index contributed by atoms with van der Waals surface area (Å²) < 4.78 is 30.7. The van der Waals surface area contributed by atoms with E-state index in [2.05, 4.69) is 58.3 Å². The van der Waals surface area contributed by atoms with Crippen molar-refractivity contribution in [3.63, 3.8) is 0 Å². The molecule has 9 nitrogen and oxygen atoms in total. The highest BCUT2D eigenvalue weighted by Gasteiger charge is 2.71. The van der Waals surface area contributed by atoms with Crippen molar-refractivity contribution in [3.8, 4) is 0 Å². The van der Waals surface area contributed by atoms with Gasteiger partial charge in [0.1, 0.15) is 6.10 Å². The Morgan fingerprint density at radius 3 is 2.23 bits per heavy atom. The van der Waals surface area contributed by atoms with E-state index in [4.69, 9.17) is 10.5 Å². The first-order valence-electron chi connectivity index (χ1n) is 21.0. The monoisotopic (exact) mass is 760 g/mol. The van der Waals surface area contributed by atoms with Gasteiger partial charge in [0.25, 0.3) is 0 Å². The van der Waals surface area contributed by atoms with Gasteiger partial charge in [-0.15, -0.1) is 0 Å². The molecule has 0 amide bonds. The smallest absolute Gasteiger partial charge is 0.306 e. The molecule has 5 aliphatic carbocycles. The Morgan fingerprint density at radius 2 is 1.60 bits per heavy atom. The second kappa shape index (κ2) is 14.2. The van der Waals surface area contributed by atoms with Crippen molar-refractivity contribution in [2.75, 3.05) is 37.7 Å². The minimum absolute atomic E-state index is 0.0519. The van der Waals surface area contributed by atoms with E-state index in [0.717, 1.165) is 38.6 Å². The molecule has 1 saturated heterocycles. The molecule has 53 heavy (non-hydrogen) atoms. The minimum Gasteiger partial charge on any atom is -0.481 e. The van der Waals surface area contributed by atoms with Crippen LogP contribution in [0.1, 0.15) is 132 Å². The van der Waals surface area contributed by atoms with Crippen molar-refractivity contribution in [2.24, 2.45) is 62.4 Å². The third kappa shape index (κ3) is 7.09. The lowest BCUT2D eigenvalue weighted by Crippen LogP contribution is -2.69. The van der Waals surface area contributed by atoms with E-state index in [1.807, 2.05) is 13.8 Å². The van der Waals surface area contributed by atoms with Crippen molar-refractivity contribution >= 4 is 21.8 Å². The molecule has 5 saturated carbocycles. The fourth-order valence-electron chi connectivity index (χ4n) is 14.5. The maximum Gasteiger partial charge on any atom is 0.306 e. The molecule has 10 heteroatoms. The molecule has 0 radical (unpaired) electrons. The SMILES string of the molecule is C=C(C)[C@@H]1CC[C@]2(NCC(CN)N3CCS(=O)(=O)CC3)CC[C@]3(C)[C@H](CC[C@@H]4[C@@]5(C)CC[C@H](OC(=O)CC(C)(C)CC(=O)O)C(C)(C)[C@@H]5CC[C@]43C)[C@@H]12. The Balaban J connectivity index is 1.21. The number of aliphatic carboxylic acids is 1. The molecule has 0 spiro atoms. The van der Waals surface area contributed by atoms with Gasteiger partial charge in [0.15, 0.2) is 9.84 Å². The molecule has 6 rings (SSSR count). The summed E-state index contributed by atoms with van der Waals surface area (Å²) >= 11 is 0. The number of allylic oxidation sites excluding steroid dienone is 1. The van der Waals surface area contributed by atoms with Gasteiger partial charge >= 0.3 is 11.9 Å². The van der Waals surface area contributed by atoms with E-state index in [9.17, 15) is 23.1 Å². The number of hydrogen-bond acceptors (Lipinski definition) is 8. The van der Waals surface area contributed by atoms with E-state index in [0.29, 0.717) is 49.2 Å². The van der Waals surface area contributed by atoms with Gasteiger partial charge in [0.2, 0.25) is 0 Å². The molecule has 1 unspecified atom stereocenters. The topological polar surface area (TPSA) is 139 Å². The third-order valence-corrected chi connectivity index (χ3v) is 19.0. The van der Waals surface area contributed by atoms with Gasteiger partial charge < -0.3 is 20.9 Å². The highest BCUT2D eigenvalue weighted by Crippen LogP contribution is 2.76. The first-order valence-corrected chi connectivity index (χ1v) is 22.8. The Hall–Kier alpha value is -1.49. The summed E-state index contributed by atoms with van der Waals surface area (Å²) in [5.74, 6) is 1.98. The molecule has 0 bridgehead atoms. The molecule has 6 aliphatic rings. The van der Waals surface area contributed by atoms with Gasteiger partial charge in [0.05, 0.1) is 24.3 Å². The number of rotatable bonds is 11. The molecule has 6 fully saturated rings. The van der Waals surface area contributed by atoms with Crippen molar-refractivity contribution in [1.29, 1.82) is 0 Å². The number of nitrogens with one attached hydrogen (secondary N) is 1. The molecule has 0 aromatic carbocycles. The van der Waals surface area contributed by atoms with Crippen molar-refractivity contribution in [1.82, 2.24) is 10.2 Å². The lowest BCUT2D eigenvalue weighted by Gasteiger charge is -2.73. The number of carbonyl (C=O) groups excluding carboxylic acids is 1. The largest absolute Gasteiger partial charge is 0.481 e. The summed E-state index contributed by atoms with van der Waals surface area (Å²) in [5.41, 5.74) is 7.51. The quantitative estimate of drug-likeness (QED) is 0.153. The zero-order valence-electron chi connectivity index (χ0n) is 34.4. The Labute approximate surface area is 321 Å². The predicted molar refractivity (Wildman–Crippen MR) is 211 cm³/mol. The number of nitrogens with zero attached hydrogens (tertiary/aromatic N) is 1. The van der Waals surface area contributed by atoms with Crippen LogP contribution in [-0.2, 0) is 24.2 Å². The van der Waals surface area contributed by atoms with Crippen LogP contribution in [0.3, 0.4) is 0 Å². The Kier molecular flexibility index (Phi) is 11.0. The van der Waals surface area contributed by atoms with Gasteiger partial charge in [-0.25, -0.2) is 8.42 Å². The first-order chi connectivity index (χ1) is 24.5. The predicted octanol–water partition coefficient (Wildman–Crippen LogP) is 6.85. The molecular formula is C43H73N3O6S. The number of ether oxygens (including phenoxy) is 1. The van der Waals surface area contributed by atoms with E-state index >= 15 is 0 Å². The van der Waals surface area contributed by atoms with Crippen molar-refractivity contribution in [3.05, 3.63) is 12.2 Å². The highest BCUT2D eigenvalue weighted by molar-refractivity contribution is 7.91. The van der Waals surface area contributed by atoms with Gasteiger partial charge in [-0.1, -0.05) is 60.6 Å². The number of hydrogen-bond donors (Lipinski definition) is 3. The number of carboxylic acids is 1. The van der Waals surface area contributed by atoms with Crippen LogP contribution in [0.4, 0.5) is 0 Å². The fraction of sp³-hybridized carbons (Fsp3) is 0.907. The van der Waals surface area contributed by atoms with Crippen LogP contribution in [-0.4, -0.2) is 85.7 Å². The third-order valence-electron chi connectivity index (χ3n) is 17.4. The van der Waals surface area contributed by atoms with Crippen LogP contribution in [0, 0.1) is 56.7 Å². The zero-order chi connectivity index (χ0) is 39.0. The summed E-state index contributed by atoms with van der Waals surface area (Å²) in [4.78, 5) is 27.0. The average molecular weight is 760 g/mol. The molecule has 302 valence electrons. The van der Waals surface area contributed by atoms with E-state index in [1.54, 1.807) is 0 Å².